The molecule has 0 aliphatic heterocycles. The number of hydrogen-bond donors (Lipinski definition) is 3. The van der Waals surface area contributed by atoms with Gasteiger partial charge in [0.05, 0.1) is 11.6 Å². The van der Waals surface area contributed by atoms with Crippen LogP contribution in [-0.4, -0.2) is 15.9 Å². The number of rotatable bonds is 3. The molecule has 1 aliphatic carbocycles. The molecule has 0 fully saturated rings. The Bertz CT molecular complexity index is 1330. The fourth-order valence-electron chi connectivity index (χ4n) is 4.72. The number of nitrogens with one attached hydrogen (secondary N) is 3. The fourth-order valence-corrected chi connectivity index (χ4v) is 4.72. The zero-order chi connectivity index (χ0) is 20.8. The second kappa shape index (κ2) is 7.17. The standard InChI is InChI=1S/C25H25N3O2/c1-14(2)15-8-5-10-18-22(15)26-13-19(24(18)29)25(30)28-21-12-6-9-17-16-7-3-4-11-20(16)27-23(17)21/h3-5,7-8,10-11,13-14,21,27H,6,9,12H2,1-2H3,(H,26,29)(H,28,30)/t21-/m0/s1. The smallest absolute Gasteiger partial charge is 0.257 e. The molecule has 1 aliphatic rings. The molecule has 0 radical (unpaired) electrons. The number of aromatic nitrogens is 2. The van der Waals surface area contributed by atoms with Gasteiger partial charge in [0.15, 0.2) is 0 Å². The van der Waals surface area contributed by atoms with Gasteiger partial charge in [-0.2, -0.15) is 0 Å². The van der Waals surface area contributed by atoms with E-state index in [0.29, 0.717) is 5.39 Å². The normalized spacial score (nSPS) is 16.2. The number of carbonyl (C=O) groups excluding carboxylic acids is 1. The molecule has 0 saturated carbocycles. The monoisotopic (exact) mass is 399 g/mol. The van der Waals surface area contributed by atoms with E-state index in [-0.39, 0.29) is 28.9 Å². The first-order chi connectivity index (χ1) is 14.5. The van der Waals surface area contributed by atoms with Crippen LogP contribution >= 0.6 is 0 Å². The first-order valence-corrected chi connectivity index (χ1v) is 10.6. The summed E-state index contributed by atoms with van der Waals surface area (Å²) in [6.07, 6.45) is 4.42. The van der Waals surface area contributed by atoms with Gasteiger partial charge in [0.1, 0.15) is 5.56 Å². The molecule has 0 bridgehead atoms. The molecule has 4 aromatic rings. The van der Waals surface area contributed by atoms with Crippen molar-refractivity contribution in [1.29, 1.82) is 0 Å². The van der Waals surface area contributed by atoms with Crippen molar-refractivity contribution >= 4 is 27.7 Å². The van der Waals surface area contributed by atoms with Gasteiger partial charge in [-0.05, 0) is 48.4 Å². The number of para-hydroxylation sites is 2. The van der Waals surface area contributed by atoms with E-state index < -0.39 is 0 Å². The molecule has 5 heteroatoms. The molecule has 2 aromatic carbocycles. The van der Waals surface area contributed by atoms with Gasteiger partial charge in [0, 0.05) is 28.2 Å². The van der Waals surface area contributed by atoms with Crippen LogP contribution in [0.5, 0.6) is 0 Å². The summed E-state index contributed by atoms with van der Waals surface area (Å²) in [6, 6.07) is 13.8. The zero-order valence-electron chi connectivity index (χ0n) is 17.2. The van der Waals surface area contributed by atoms with Gasteiger partial charge in [-0.1, -0.05) is 44.2 Å². The quantitative estimate of drug-likeness (QED) is 0.456. The van der Waals surface area contributed by atoms with E-state index in [4.69, 9.17) is 0 Å². The van der Waals surface area contributed by atoms with Crippen LogP contribution in [-0.2, 0) is 6.42 Å². The maximum Gasteiger partial charge on any atom is 0.257 e. The Morgan fingerprint density at radius 1 is 1.10 bits per heavy atom. The van der Waals surface area contributed by atoms with Crippen molar-refractivity contribution in [2.24, 2.45) is 0 Å². The lowest BCUT2D eigenvalue weighted by molar-refractivity contribution is 0.0930. The molecule has 1 atom stereocenters. The maximum absolute atomic E-state index is 13.1. The first-order valence-electron chi connectivity index (χ1n) is 10.6. The van der Waals surface area contributed by atoms with Crippen molar-refractivity contribution in [3.63, 3.8) is 0 Å². The van der Waals surface area contributed by atoms with Gasteiger partial charge in [-0.3, -0.25) is 9.59 Å². The Kier molecular flexibility index (Phi) is 4.46. The summed E-state index contributed by atoms with van der Waals surface area (Å²) in [5.74, 6) is -0.0451. The van der Waals surface area contributed by atoms with E-state index in [1.807, 2.05) is 24.3 Å². The molecule has 3 N–H and O–H groups in total. The van der Waals surface area contributed by atoms with Crippen LogP contribution < -0.4 is 10.7 Å². The number of H-pyrrole nitrogens is 2. The highest BCUT2D eigenvalue weighted by Gasteiger charge is 2.26. The summed E-state index contributed by atoms with van der Waals surface area (Å²) in [5.41, 5.74) is 5.25. The lowest BCUT2D eigenvalue weighted by Crippen LogP contribution is -2.34. The van der Waals surface area contributed by atoms with Crippen molar-refractivity contribution in [2.45, 2.75) is 45.1 Å². The molecule has 2 aromatic heterocycles. The number of pyridine rings is 1. The lowest BCUT2D eigenvalue weighted by atomic mass is 9.91. The van der Waals surface area contributed by atoms with E-state index in [0.717, 1.165) is 41.6 Å². The Labute approximate surface area is 174 Å². The average Bonchev–Trinajstić information content (AvgIpc) is 3.13. The summed E-state index contributed by atoms with van der Waals surface area (Å²) in [6.45, 7) is 4.18. The number of benzene rings is 2. The maximum atomic E-state index is 13.1. The molecule has 0 spiro atoms. The molecule has 2 heterocycles. The third kappa shape index (κ3) is 2.93. The fraction of sp³-hybridized carbons (Fsp3) is 0.280. The number of amides is 1. The van der Waals surface area contributed by atoms with Gasteiger partial charge in [-0.25, -0.2) is 0 Å². The number of aryl methyl sites for hydroxylation is 1. The second-order valence-corrected chi connectivity index (χ2v) is 8.44. The average molecular weight is 399 g/mol. The van der Waals surface area contributed by atoms with Crippen LogP contribution in [0.3, 0.4) is 0 Å². The minimum Gasteiger partial charge on any atom is -0.360 e. The summed E-state index contributed by atoms with van der Waals surface area (Å²) >= 11 is 0. The summed E-state index contributed by atoms with van der Waals surface area (Å²) in [7, 11) is 0. The summed E-state index contributed by atoms with van der Waals surface area (Å²) in [4.78, 5) is 32.8. The molecule has 1 amide bonds. The topological polar surface area (TPSA) is 77.8 Å². The van der Waals surface area contributed by atoms with Crippen LogP contribution in [0.25, 0.3) is 21.8 Å². The van der Waals surface area contributed by atoms with Gasteiger partial charge in [0.25, 0.3) is 5.91 Å². The predicted molar refractivity (Wildman–Crippen MR) is 120 cm³/mol. The number of fused-ring (bicyclic) bond motifs is 4. The predicted octanol–water partition coefficient (Wildman–Crippen LogP) is 4.94. The molecule has 5 rings (SSSR count). The largest absolute Gasteiger partial charge is 0.360 e. The van der Waals surface area contributed by atoms with Crippen molar-refractivity contribution in [2.75, 3.05) is 0 Å². The Hall–Kier alpha value is -3.34. The minimum absolute atomic E-state index is 0.120. The van der Waals surface area contributed by atoms with Gasteiger partial charge in [-0.15, -0.1) is 0 Å². The molecule has 152 valence electrons. The highest BCUT2D eigenvalue weighted by atomic mass is 16.2. The van der Waals surface area contributed by atoms with Gasteiger partial charge >= 0.3 is 0 Å². The van der Waals surface area contributed by atoms with Crippen molar-refractivity contribution in [3.05, 3.63) is 81.3 Å². The highest BCUT2D eigenvalue weighted by Crippen LogP contribution is 2.34. The number of carbonyl (C=O) groups is 1. The number of aromatic amines is 2. The van der Waals surface area contributed by atoms with Crippen LogP contribution in [0, 0.1) is 0 Å². The van der Waals surface area contributed by atoms with Crippen molar-refractivity contribution in [1.82, 2.24) is 15.3 Å². The van der Waals surface area contributed by atoms with Crippen LogP contribution in [0.15, 0.2) is 53.5 Å². The van der Waals surface area contributed by atoms with E-state index in [2.05, 4.69) is 41.3 Å². The molecular weight excluding hydrogens is 374 g/mol. The first kappa shape index (κ1) is 18.7. The Balaban J connectivity index is 1.50. The third-order valence-corrected chi connectivity index (χ3v) is 6.23. The van der Waals surface area contributed by atoms with Gasteiger partial charge < -0.3 is 15.3 Å². The molecule has 5 nitrogen and oxygen atoms in total. The van der Waals surface area contributed by atoms with Crippen LogP contribution in [0.4, 0.5) is 0 Å². The molecule has 0 unspecified atom stereocenters. The Morgan fingerprint density at radius 2 is 1.90 bits per heavy atom. The third-order valence-electron chi connectivity index (χ3n) is 6.23. The van der Waals surface area contributed by atoms with E-state index in [1.165, 1.54) is 10.9 Å². The lowest BCUT2D eigenvalue weighted by Gasteiger charge is -2.24. The SMILES string of the molecule is CC(C)c1cccc2c(=O)c(C(=O)N[C@H]3CCCc4c3[nH]c3ccccc43)c[nH]c12. The Morgan fingerprint density at radius 3 is 2.73 bits per heavy atom. The number of hydrogen-bond acceptors (Lipinski definition) is 2. The van der Waals surface area contributed by atoms with E-state index in [1.54, 1.807) is 12.3 Å². The van der Waals surface area contributed by atoms with Crippen molar-refractivity contribution < 1.29 is 4.79 Å². The molecular formula is C25H25N3O2. The zero-order valence-corrected chi connectivity index (χ0v) is 17.2. The van der Waals surface area contributed by atoms with Crippen molar-refractivity contribution in [3.8, 4) is 0 Å². The summed E-state index contributed by atoms with van der Waals surface area (Å²) < 4.78 is 0. The van der Waals surface area contributed by atoms with Gasteiger partial charge in [0.2, 0.25) is 5.43 Å². The summed E-state index contributed by atoms with van der Waals surface area (Å²) in [5, 5.41) is 4.88. The van der Waals surface area contributed by atoms with E-state index in [9.17, 15) is 9.59 Å². The second-order valence-electron chi connectivity index (χ2n) is 8.44. The van der Waals surface area contributed by atoms with Crippen LogP contribution in [0.1, 0.15) is 65.8 Å². The molecule has 0 saturated heterocycles. The minimum atomic E-state index is -0.329. The van der Waals surface area contributed by atoms with E-state index >= 15 is 0 Å². The van der Waals surface area contributed by atoms with Crippen LogP contribution in [0.2, 0.25) is 0 Å². The molecule has 30 heavy (non-hydrogen) atoms. The highest BCUT2D eigenvalue weighted by molar-refractivity contribution is 5.98.